The zero-order chi connectivity index (χ0) is 23.5. The van der Waals surface area contributed by atoms with Crippen molar-refractivity contribution in [2.75, 3.05) is 0 Å². The minimum Gasteiger partial charge on any atom is -0.232 e. The van der Waals surface area contributed by atoms with Crippen molar-refractivity contribution in [1.82, 2.24) is 0 Å². The number of allylic oxidation sites excluding steroid dienone is 4. The first-order valence-electron chi connectivity index (χ1n) is 12.1. The van der Waals surface area contributed by atoms with Crippen molar-refractivity contribution in [2.45, 2.75) is 94.4 Å². The standard InChI is InChI=1S/C29H44N2/c1-18(2)22-14-12-15-23(19(3)4)26(22)30-28(29(9,10)11)31-27-24(20(5)6)16-13-17-25(27)21(7)8/h12,14-21H,13H2,1-11H3. The van der Waals surface area contributed by atoms with Gasteiger partial charge >= 0.3 is 0 Å². The fourth-order valence-corrected chi connectivity index (χ4v) is 4.03. The molecular weight excluding hydrogens is 376 g/mol. The predicted molar refractivity (Wildman–Crippen MR) is 139 cm³/mol. The van der Waals surface area contributed by atoms with Gasteiger partial charge in [0.2, 0.25) is 0 Å². The Kier molecular flexibility index (Phi) is 8.25. The average molecular weight is 421 g/mol. The maximum absolute atomic E-state index is 5.34. The van der Waals surface area contributed by atoms with Crippen molar-refractivity contribution in [2.24, 2.45) is 27.2 Å². The number of para-hydroxylation sites is 1. The summed E-state index contributed by atoms with van der Waals surface area (Å²) in [6, 6.07) is 6.62. The topological polar surface area (TPSA) is 24.7 Å². The zero-order valence-electron chi connectivity index (χ0n) is 21.8. The lowest BCUT2D eigenvalue weighted by molar-refractivity contribution is 0.585. The van der Waals surface area contributed by atoms with E-state index in [0.717, 1.165) is 23.7 Å². The molecule has 2 nitrogen and oxygen atoms in total. The van der Waals surface area contributed by atoms with Crippen LogP contribution in [0.3, 0.4) is 0 Å². The molecule has 1 aromatic rings. The summed E-state index contributed by atoms with van der Waals surface area (Å²) in [5.74, 6) is 2.63. The number of hydrogen-bond donors (Lipinski definition) is 0. The Morgan fingerprint density at radius 2 is 1.19 bits per heavy atom. The summed E-state index contributed by atoms with van der Waals surface area (Å²) >= 11 is 0. The first-order valence-corrected chi connectivity index (χ1v) is 12.1. The number of aliphatic imine (C=N–C) groups is 2. The lowest BCUT2D eigenvalue weighted by Crippen LogP contribution is -2.24. The molecule has 0 bridgehead atoms. The highest BCUT2D eigenvalue weighted by molar-refractivity contribution is 6.18. The summed E-state index contributed by atoms with van der Waals surface area (Å²) < 4.78 is 0. The summed E-state index contributed by atoms with van der Waals surface area (Å²) in [5.41, 5.74) is 7.40. The molecule has 0 aliphatic heterocycles. The van der Waals surface area contributed by atoms with E-state index < -0.39 is 0 Å². The van der Waals surface area contributed by atoms with Gasteiger partial charge in [-0.25, -0.2) is 9.98 Å². The van der Waals surface area contributed by atoms with E-state index in [4.69, 9.17) is 9.98 Å². The van der Waals surface area contributed by atoms with Gasteiger partial charge in [0.1, 0.15) is 5.84 Å². The molecule has 0 atom stereocenters. The molecule has 2 rings (SSSR count). The highest BCUT2D eigenvalue weighted by atomic mass is 15.0. The fraction of sp³-hybridized carbons (Fsp3) is 0.586. The molecule has 0 spiro atoms. The number of rotatable bonds is 5. The zero-order valence-corrected chi connectivity index (χ0v) is 21.8. The molecule has 0 amide bonds. The third-order valence-electron chi connectivity index (χ3n) is 5.92. The van der Waals surface area contributed by atoms with Gasteiger partial charge in [-0.05, 0) is 52.4 Å². The van der Waals surface area contributed by atoms with E-state index in [1.54, 1.807) is 0 Å². The summed E-state index contributed by atoms with van der Waals surface area (Å²) in [6.07, 6.45) is 5.68. The number of hydrogen-bond acceptors (Lipinski definition) is 1. The maximum atomic E-state index is 5.34. The van der Waals surface area contributed by atoms with Crippen molar-refractivity contribution in [3.8, 4) is 0 Å². The number of amidine groups is 1. The van der Waals surface area contributed by atoms with Crippen molar-refractivity contribution < 1.29 is 0 Å². The molecule has 31 heavy (non-hydrogen) atoms. The molecule has 0 unspecified atom stereocenters. The van der Waals surface area contributed by atoms with Crippen LogP contribution in [-0.4, -0.2) is 11.5 Å². The highest BCUT2D eigenvalue weighted by Crippen LogP contribution is 2.37. The Labute approximate surface area is 191 Å². The molecule has 0 fully saturated rings. The summed E-state index contributed by atoms with van der Waals surface area (Å²) in [6.45, 7) is 24.8. The molecule has 0 aromatic heterocycles. The van der Waals surface area contributed by atoms with Crippen molar-refractivity contribution in [1.29, 1.82) is 0 Å². The maximum Gasteiger partial charge on any atom is 0.135 e. The molecule has 0 N–H and O–H groups in total. The second-order valence-electron chi connectivity index (χ2n) is 11.1. The molecule has 0 radical (unpaired) electrons. The normalized spacial score (nSPS) is 15.8. The van der Waals surface area contributed by atoms with Crippen molar-refractivity contribution in [3.05, 3.63) is 52.6 Å². The second kappa shape index (κ2) is 10.1. The van der Waals surface area contributed by atoms with Gasteiger partial charge in [0.15, 0.2) is 0 Å². The van der Waals surface area contributed by atoms with Crippen LogP contribution in [0.1, 0.15) is 106 Å². The number of nitrogens with zero attached hydrogens (tertiary/aromatic N) is 2. The monoisotopic (exact) mass is 420 g/mol. The van der Waals surface area contributed by atoms with Crippen LogP contribution in [0.15, 0.2) is 51.5 Å². The molecular formula is C29H44N2. The molecule has 0 heterocycles. The van der Waals surface area contributed by atoms with Gasteiger partial charge in [0.25, 0.3) is 0 Å². The second-order valence-corrected chi connectivity index (χ2v) is 11.1. The van der Waals surface area contributed by atoms with Crippen LogP contribution < -0.4 is 0 Å². The molecule has 1 aromatic carbocycles. The minimum absolute atomic E-state index is 0.160. The predicted octanol–water partition coefficient (Wildman–Crippen LogP) is 9.02. The van der Waals surface area contributed by atoms with Crippen LogP contribution in [0.25, 0.3) is 0 Å². The van der Waals surface area contributed by atoms with Gasteiger partial charge in [0.05, 0.1) is 11.4 Å². The average Bonchev–Trinajstić information content (AvgIpc) is 2.66. The Bertz CT molecular complexity index is 845. The van der Waals surface area contributed by atoms with E-state index in [2.05, 4.69) is 107 Å². The summed E-state index contributed by atoms with van der Waals surface area (Å²) in [4.78, 5) is 10.7. The molecule has 170 valence electrons. The van der Waals surface area contributed by atoms with Gasteiger partial charge in [-0.15, -0.1) is 0 Å². The van der Waals surface area contributed by atoms with Gasteiger partial charge in [-0.2, -0.15) is 0 Å². The largest absolute Gasteiger partial charge is 0.232 e. The fourth-order valence-electron chi connectivity index (χ4n) is 4.03. The first-order chi connectivity index (χ1) is 14.3. The highest BCUT2D eigenvalue weighted by Gasteiger charge is 2.26. The van der Waals surface area contributed by atoms with E-state index in [1.165, 1.54) is 22.3 Å². The smallest absolute Gasteiger partial charge is 0.135 e. The molecule has 2 heteroatoms. The lowest BCUT2D eigenvalue weighted by atomic mass is 9.83. The van der Waals surface area contributed by atoms with E-state index in [0.29, 0.717) is 23.7 Å². The van der Waals surface area contributed by atoms with E-state index in [9.17, 15) is 0 Å². The van der Waals surface area contributed by atoms with E-state index in [-0.39, 0.29) is 5.41 Å². The summed E-state index contributed by atoms with van der Waals surface area (Å²) in [7, 11) is 0. The minimum atomic E-state index is -0.160. The van der Waals surface area contributed by atoms with Crippen LogP contribution in [0, 0.1) is 17.3 Å². The third-order valence-corrected chi connectivity index (χ3v) is 5.92. The van der Waals surface area contributed by atoms with E-state index in [1.807, 2.05) is 0 Å². The number of benzene rings is 1. The molecule has 1 aliphatic rings. The van der Waals surface area contributed by atoms with Gasteiger partial charge in [-0.3, -0.25) is 0 Å². The molecule has 0 saturated heterocycles. The van der Waals surface area contributed by atoms with Crippen LogP contribution >= 0.6 is 0 Å². The van der Waals surface area contributed by atoms with Crippen LogP contribution in [0.2, 0.25) is 0 Å². The van der Waals surface area contributed by atoms with Crippen LogP contribution in [-0.2, 0) is 0 Å². The van der Waals surface area contributed by atoms with Gasteiger partial charge < -0.3 is 0 Å². The van der Waals surface area contributed by atoms with E-state index >= 15 is 0 Å². The molecule has 0 saturated carbocycles. The van der Waals surface area contributed by atoms with Crippen LogP contribution in [0.5, 0.6) is 0 Å². The Morgan fingerprint density at radius 1 is 0.742 bits per heavy atom. The first kappa shape index (κ1) is 25.3. The Morgan fingerprint density at radius 3 is 1.55 bits per heavy atom. The van der Waals surface area contributed by atoms with Crippen molar-refractivity contribution in [3.63, 3.8) is 0 Å². The van der Waals surface area contributed by atoms with Crippen molar-refractivity contribution >= 4 is 17.2 Å². The van der Waals surface area contributed by atoms with Crippen LogP contribution in [0.4, 0.5) is 5.69 Å². The molecule has 1 aliphatic carbocycles. The quantitative estimate of drug-likeness (QED) is 0.335. The Balaban J connectivity index is 2.81. The van der Waals surface area contributed by atoms with Gasteiger partial charge in [-0.1, -0.05) is 107 Å². The summed E-state index contributed by atoms with van der Waals surface area (Å²) in [5, 5.41) is 0. The van der Waals surface area contributed by atoms with Gasteiger partial charge in [0, 0.05) is 5.41 Å². The SMILES string of the molecule is CC(C)C1=CCC=C(C(C)C)C1=NC(=Nc1c(C(C)C)cccc1C(C)C)C(C)(C)C. The Hall–Kier alpha value is -1.96. The third kappa shape index (κ3) is 6.05. The lowest BCUT2D eigenvalue weighted by Gasteiger charge is -2.27.